The monoisotopic (exact) mass is 439 g/mol. The number of aliphatic hydroxyl groups is 1. The van der Waals surface area contributed by atoms with Crippen LogP contribution < -0.4 is 10.6 Å². The number of thiazole rings is 1. The molecule has 0 amide bonds. The van der Waals surface area contributed by atoms with Crippen LogP contribution in [0.4, 0.5) is 19.7 Å². The maximum atomic E-state index is 13.9. The van der Waals surface area contributed by atoms with Crippen molar-refractivity contribution < 1.29 is 13.9 Å². The smallest absolute Gasteiger partial charge is 0.191 e. The van der Waals surface area contributed by atoms with E-state index in [1.54, 1.807) is 0 Å². The van der Waals surface area contributed by atoms with Crippen LogP contribution in [0, 0.1) is 11.6 Å². The Morgan fingerprint density at radius 2 is 2.00 bits per heavy atom. The van der Waals surface area contributed by atoms with Gasteiger partial charge in [-0.3, -0.25) is 0 Å². The Morgan fingerprint density at radius 3 is 2.72 bits per heavy atom. The number of fused-ring (bicyclic) bond motifs is 1. The van der Waals surface area contributed by atoms with Crippen LogP contribution in [0.1, 0.15) is 32.8 Å². The summed E-state index contributed by atoms with van der Waals surface area (Å²) in [5, 5.41) is 17.2. The number of nitrogens with zero attached hydrogens (tertiary/aromatic N) is 3. The van der Waals surface area contributed by atoms with E-state index in [9.17, 15) is 13.9 Å². The van der Waals surface area contributed by atoms with Crippen LogP contribution in [0.2, 0.25) is 0 Å². The molecule has 0 unspecified atom stereocenters. The van der Waals surface area contributed by atoms with Crippen molar-refractivity contribution in [2.24, 2.45) is 0 Å². The molecule has 3 rings (SSSR count). The summed E-state index contributed by atoms with van der Waals surface area (Å²) in [5.41, 5.74) is 0.160. The molecule has 2 heterocycles. The van der Waals surface area contributed by atoms with Crippen molar-refractivity contribution in [1.82, 2.24) is 15.0 Å². The molecule has 29 heavy (non-hydrogen) atoms. The highest BCUT2D eigenvalue weighted by atomic mass is 32.2. The van der Waals surface area contributed by atoms with Gasteiger partial charge >= 0.3 is 0 Å². The first kappa shape index (κ1) is 21.7. The van der Waals surface area contributed by atoms with Crippen LogP contribution in [-0.4, -0.2) is 38.7 Å². The number of aliphatic hydroxyl groups excluding tert-OH is 1. The Morgan fingerprint density at radius 1 is 1.21 bits per heavy atom. The van der Waals surface area contributed by atoms with E-state index in [4.69, 9.17) is 0 Å². The number of thioether (sulfide) groups is 1. The minimum atomic E-state index is -0.877. The van der Waals surface area contributed by atoms with Crippen molar-refractivity contribution in [3.63, 3.8) is 0 Å². The fraction of sp³-hybridized carbons (Fsp3) is 0.421. The molecule has 0 fully saturated rings. The molecule has 0 aliphatic carbocycles. The average Bonchev–Trinajstić information content (AvgIpc) is 3.10. The van der Waals surface area contributed by atoms with Gasteiger partial charge in [-0.2, -0.15) is 4.98 Å². The lowest BCUT2D eigenvalue weighted by molar-refractivity contribution is 0.234. The fourth-order valence-electron chi connectivity index (χ4n) is 2.42. The van der Waals surface area contributed by atoms with Crippen molar-refractivity contribution in [2.75, 3.05) is 23.8 Å². The van der Waals surface area contributed by atoms with Gasteiger partial charge in [-0.25, -0.2) is 18.7 Å². The van der Waals surface area contributed by atoms with E-state index >= 15 is 0 Å². The van der Waals surface area contributed by atoms with Gasteiger partial charge in [-0.05, 0) is 26.3 Å². The Hall–Kier alpha value is -2.04. The molecule has 0 spiro atoms. The van der Waals surface area contributed by atoms with Crippen LogP contribution in [0.5, 0.6) is 0 Å². The van der Waals surface area contributed by atoms with Gasteiger partial charge in [-0.15, -0.1) is 0 Å². The minimum absolute atomic E-state index is 0.0881. The molecule has 6 nitrogen and oxygen atoms in total. The van der Waals surface area contributed by atoms with Crippen LogP contribution in [0.15, 0.2) is 23.4 Å². The molecular formula is C19H23F2N5OS2. The summed E-state index contributed by atoms with van der Waals surface area (Å²) in [6.45, 7) is 6.48. The quantitative estimate of drug-likeness (QED) is 0.330. The van der Waals surface area contributed by atoms with Crippen molar-refractivity contribution >= 4 is 44.4 Å². The van der Waals surface area contributed by atoms with Gasteiger partial charge in [-0.1, -0.05) is 42.2 Å². The van der Waals surface area contributed by atoms with Gasteiger partial charge in [0.2, 0.25) is 0 Å². The molecule has 0 radical (unpaired) electrons. The number of anilines is 2. The Bertz CT molecular complexity index is 996. The van der Waals surface area contributed by atoms with E-state index in [0.29, 0.717) is 16.6 Å². The van der Waals surface area contributed by atoms with E-state index in [1.165, 1.54) is 35.2 Å². The van der Waals surface area contributed by atoms with E-state index in [2.05, 4.69) is 32.5 Å². The second kappa shape index (κ2) is 9.19. The summed E-state index contributed by atoms with van der Waals surface area (Å²) in [4.78, 5) is 13.6. The minimum Gasteiger partial charge on any atom is -0.394 e. The zero-order chi connectivity index (χ0) is 21.0. The lowest BCUT2D eigenvalue weighted by Gasteiger charge is -2.24. The number of benzene rings is 1. The largest absolute Gasteiger partial charge is 0.394 e. The average molecular weight is 440 g/mol. The van der Waals surface area contributed by atoms with Gasteiger partial charge in [0.05, 0.1) is 12.1 Å². The Labute approximate surface area is 176 Å². The summed E-state index contributed by atoms with van der Waals surface area (Å²) in [6.07, 6.45) is 0.963. The maximum absolute atomic E-state index is 13.9. The van der Waals surface area contributed by atoms with E-state index in [-0.39, 0.29) is 17.9 Å². The van der Waals surface area contributed by atoms with Crippen molar-refractivity contribution in [1.29, 1.82) is 0 Å². The summed E-state index contributed by atoms with van der Waals surface area (Å²) in [6, 6.07) is 4.10. The molecule has 0 saturated carbocycles. The van der Waals surface area contributed by atoms with Crippen molar-refractivity contribution in [3.8, 4) is 0 Å². The standard InChI is InChI=1S/C19H23F2N5OS2/c1-4-8-22-17-23-15-14(29-17)16(26-19(2,3)10-27)25-18(24-15)28-9-11-6-5-7-12(20)13(11)21/h5-7,27H,4,8-10H2,1-3H3,(H2,22,23,24,25,26). The Kier molecular flexibility index (Phi) is 6.86. The number of hydrogen-bond acceptors (Lipinski definition) is 8. The van der Waals surface area contributed by atoms with Crippen molar-refractivity contribution in [2.45, 2.75) is 43.6 Å². The summed E-state index contributed by atoms with van der Waals surface area (Å²) in [7, 11) is 0. The zero-order valence-electron chi connectivity index (χ0n) is 16.4. The molecule has 2 aromatic heterocycles. The Balaban J connectivity index is 1.93. The summed E-state index contributed by atoms with van der Waals surface area (Å²) >= 11 is 2.63. The molecule has 0 aliphatic heterocycles. The van der Waals surface area contributed by atoms with Gasteiger partial charge < -0.3 is 15.7 Å². The third-order valence-corrected chi connectivity index (χ3v) is 5.91. The lowest BCUT2D eigenvalue weighted by Crippen LogP contribution is -2.35. The second-order valence-corrected chi connectivity index (χ2v) is 9.06. The van der Waals surface area contributed by atoms with E-state index in [1.807, 2.05) is 13.8 Å². The van der Waals surface area contributed by atoms with Crippen LogP contribution in [0.25, 0.3) is 10.3 Å². The fourth-order valence-corrected chi connectivity index (χ4v) is 4.11. The summed E-state index contributed by atoms with van der Waals surface area (Å²) < 4.78 is 28.2. The summed E-state index contributed by atoms with van der Waals surface area (Å²) in [5.74, 6) is -1.00. The molecule has 156 valence electrons. The first-order valence-corrected chi connectivity index (χ1v) is 11.0. The molecule has 0 atom stereocenters. The SMILES string of the molecule is CCCNc1nc2nc(SCc3cccc(F)c3F)nc(NC(C)(C)CO)c2s1. The van der Waals surface area contributed by atoms with E-state index in [0.717, 1.165) is 28.9 Å². The van der Waals surface area contributed by atoms with E-state index < -0.39 is 17.2 Å². The second-order valence-electron chi connectivity index (χ2n) is 7.12. The number of rotatable bonds is 9. The topological polar surface area (TPSA) is 83.0 Å². The number of hydrogen-bond donors (Lipinski definition) is 3. The zero-order valence-corrected chi connectivity index (χ0v) is 18.1. The number of nitrogens with one attached hydrogen (secondary N) is 2. The number of aromatic nitrogens is 3. The number of halogens is 2. The van der Waals surface area contributed by atoms with Crippen molar-refractivity contribution in [3.05, 3.63) is 35.4 Å². The predicted octanol–water partition coefficient (Wildman–Crippen LogP) is 4.66. The highest BCUT2D eigenvalue weighted by Gasteiger charge is 2.21. The van der Waals surface area contributed by atoms with Gasteiger partial charge in [0.1, 0.15) is 4.70 Å². The molecule has 0 saturated heterocycles. The third-order valence-electron chi connectivity index (χ3n) is 4.00. The highest BCUT2D eigenvalue weighted by Crippen LogP contribution is 2.34. The van der Waals surface area contributed by atoms with Gasteiger partial charge in [0.25, 0.3) is 0 Å². The molecule has 0 bridgehead atoms. The third kappa shape index (κ3) is 5.31. The maximum Gasteiger partial charge on any atom is 0.191 e. The van der Waals surface area contributed by atoms with Gasteiger partial charge in [0, 0.05) is 17.9 Å². The van der Waals surface area contributed by atoms with Crippen LogP contribution >= 0.6 is 23.1 Å². The molecular weight excluding hydrogens is 416 g/mol. The lowest BCUT2D eigenvalue weighted by atomic mass is 10.1. The van der Waals surface area contributed by atoms with Crippen LogP contribution in [0.3, 0.4) is 0 Å². The highest BCUT2D eigenvalue weighted by molar-refractivity contribution is 7.98. The molecule has 3 aromatic rings. The first-order valence-electron chi connectivity index (χ1n) is 9.20. The van der Waals surface area contributed by atoms with Gasteiger partial charge in [0.15, 0.2) is 33.4 Å². The first-order chi connectivity index (χ1) is 13.8. The predicted molar refractivity (Wildman–Crippen MR) is 115 cm³/mol. The molecule has 3 N–H and O–H groups in total. The molecule has 0 aliphatic rings. The molecule has 1 aromatic carbocycles. The normalized spacial score (nSPS) is 11.8. The van der Waals surface area contributed by atoms with Crippen LogP contribution in [-0.2, 0) is 5.75 Å². The molecule has 10 heteroatoms.